The van der Waals surface area contributed by atoms with Crippen molar-refractivity contribution in [3.63, 3.8) is 0 Å². The third-order valence-corrected chi connectivity index (χ3v) is 3.40. The van der Waals surface area contributed by atoms with Gasteiger partial charge < -0.3 is 14.6 Å². The predicted octanol–water partition coefficient (Wildman–Crippen LogP) is 2.48. The largest absolute Gasteiger partial charge is 0.496 e. The molecule has 0 aliphatic carbocycles. The van der Waals surface area contributed by atoms with Crippen molar-refractivity contribution in [2.75, 3.05) is 14.2 Å². The first-order valence-electron chi connectivity index (χ1n) is 6.08. The molecule has 1 aromatic carbocycles. The van der Waals surface area contributed by atoms with E-state index in [1.807, 2.05) is 6.92 Å². The van der Waals surface area contributed by atoms with Gasteiger partial charge in [-0.15, -0.1) is 0 Å². The Kier molecular flexibility index (Phi) is 4.20. The number of methoxy groups -OCH3 is 2. The van der Waals surface area contributed by atoms with Crippen LogP contribution in [0.5, 0.6) is 11.6 Å². The molecule has 1 unspecified atom stereocenters. The van der Waals surface area contributed by atoms with Crippen molar-refractivity contribution in [1.82, 2.24) is 9.78 Å². The topological polar surface area (TPSA) is 56.5 Å². The van der Waals surface area contributed by atoms with Crippen LogP contribution in [0.2, 0.25) is 5.02 Å². The lowest BCUT2D eigenvalue weighted by atomic mass is 10.0. The average Bonchev–Trinajstić information content (AvgIpc) is 2.71. The van der Waals surface area contributed by atoms with Crippen molar-refractivity contribution in [3.05, 3.63) is 40.0 Å². The molecule has 0 bridgehead atoms. The summed E-state index contributed by atoms with van der Waals surface area (Å²) in [5.41, 5.74) is 1.88. The molecule has 2 rings (SSSR count). The van der Waals surface area contributed by atoms with Crippen LogP contribution in [-0.2, 0) is 7.05 Å². The first-order valence-corrected chi connectivity index (χ1v) is 6.46. The van der Waals surface area contributed by atoms with Crippen LogP contribution in [-0.4, -0.2) is 29.1 Å². The number of ether oxygens (including phenoxy) is 2. The molecule has 1 N–H and O–H groups in total. The molecule has 1 aromatic heterocycles. The third kappa shape index (κ3) is 2.46. The molecular formula is C14H17ClN2O3. The SMILES string of the molecule is COc1ccc(Cl)cc1C(O)c1c(C)nn(C)c1OC. The van der Waals surface area contributed by atoms with Gasteiger partial charge in [-0.25, -0.2) is 4.68 Å². The van der Waals surface area contributed by atoms with E-state index in [1.54, 1.807) is 44.1 Å². The van der Waals surface area contributed by atoms with Gasteiger partial charge in [0.25, 0.3) is 0 Å². The Bertz CT molecular complexity index is 625. The Morgan fingerprint density at radius 1 is 1.30 bits per heavy atom. The minimum Gasteiger partial charge on any atom is -0.496 e. The maximum atomic E-state index is 10.7. The van der Waals surface area contributed by atoms with Gasteiger partial charge in [-0.3, -0.25) is 0 Å². The highest BCUT2D eigenvalue weighted by Gasteiger charge is 2.25. The minimum absolute atomic E-state index is 0.511. The van der Waals surface area contributed by atoms with Gasteiger partial charge in [-0.05, 0) is 25.1 Å². The lowest BCUT2D eigenvalue weighted by molar-refractivity contribution is 0.208. The molecule has 6 heteroatoms. The maximum Gasteiger partial charge on any atom is 0.217 e. The van der Waals surface area contributed by atoms with Crippen LogP contribution in [0, 0.1) is 6.92 Å². The van der Waals surface area contributed by atoms with Gasteiger partial charge in [0.15, 0.2) is 0 Å². The summed E-state index contributed by atoms with van der Waals surface area (Å²) in [6, 6.07) is 5.11. The van der Waals surface area contributed by atoms with Crippen molar-refractivity contribution in [2.24, 2.45) is 7.05 Å². The van der Waals surface area contributed by atoms with Crippen LogP contribution in [0.1, 0.15) is 22.9 Å². The molecule has 108 valence electrons. The van der Waals surface area contributed by atoms with E-state index in [0.717, 1.165) is 0 Å². The van der Waals surface area contributed by atoms with Crippen molar-refractivity contribution < 1.29 is 14.6 Å². The number of hydrogen-bond donors (Lipinski definition) is 1. The molecule has 20 heavy (non-hydrogen) atoms. The highest BCUT2D eigenvalue weighted by Crippen LogP contribution is 2.37. The summed E-state index contributed by atoms with van der Waals surface area (Å²) in [6.45, 7) is 1.82. The Hall–Kier alpha value is -1.72. The number of aliphatic hydroxyl groups is 1. The van der Waals surface area contributed by atoms with Crippen LogP contribution in [0.3, 0.4) is 0 Å². The van der Waals surface area contributed by atoms with Gasteiger partial charge in [0, 0.05) is 17.6 Å². The lowest BCUT2D eigenvalue weighted by Gasteiger charge is -2.16. The van der Waals surface area contributed by atoms with E-state index in [1.165, 1.54) is 0 Å². The summed E-state index contributed by atoms with van der Waals surface area (Å²) in [4.78, 5) is 0. The zero-order valence-electron chi connectivity index (χ0n) is 11.8. The Labute approximate surface area is 122 Å². The normalized spacial score (nSPS) is 12.3. The Balaban J connectivity index is 2.56. The van der Waals surface area contributed by atoms with Gasteiger partial charge in [0.05, 0.1) is 25.5 Å². The van der Waals surface area contributed by atoms with Gasteiger partial charge in [0.2, 0.25) is 5.88 Å². The van der Waals surface area contributed by atoms with Gasteiger partial charge in [-0.1, -0.05) is 11.6 Å². The second-order valence-electron chi connectivity index (χ2n) is 4.42. The predicted molar refractivity (Wildman–Crippen MR) is 76.6 cm³/mol. The number of hydrogen-bond acceptors (Lipinski definition) is 4. The van der Waals surface area contributed by atoms with Crippen LogP contribution in [0.25, 0.3) is 0 Å². The van der Waals surface area contributed by atoms with E-state index in [-0.39, 0.29) is 0 Å². The molecule has 0 aliphatic heterocycles. The Morgan fingerprint density at radius 3 is 2.60 bits per heavy atom. The number of rotatable bonds is 4. The highest BCUT2D eigenvalue weighted by molar-refractivity contribution is 6.30. The summed E-state index contributed by atoms with van der Waals surface area (Å²) in [6.07, 6.45) is -0.924. The zero-order valence-corrected chi connectivity index (χ0v) is 12.6. The van der Waals surface area contributed by atoms with E-state index in [2.05, 4.69) is 5.10 Å². The molecule has 0 saturated heterocycles. The van der Waals surface area contributed by atoms with Crippen LogP contribution >= 0.6 is 11.6 Å². The number of aliphatic hydroxyl groups excluding tert-OH is 1. The second kappa shape index (κ2) is 5.73. The number of benzene rings is 1. The number of nitrogens with zero attached hydrogens (tertiary/aromatic N) is 2. The summed E-state index contributed by atoms with van der Waals surface area (Å²) >= 11 is 6.01. The maximum absolute atomic E-state index is 10.7. The summed E-state index contributed by atoms with van der Waals surface area (Å²) in [7, 11) is 4.85. The smallest absolute Gasteiger partial charge is 0.217 e. The zero-order chi connectivity index (χ0) is 14.9. The average molecular weight is 297 g/mol. The molecule has 1 heterocycles. The molecular weight excluding hydrogens is 280 g/mol. The molecule has 0 saturated carbocycles. The fraction of sp³-hybridized carbons (Fsp3) is 0.357. The molecule has 1 atom stereocenters. The number of halogens is 1. The van der Waals surface area contributed by atoms with Gasteiger partial charge >= 0.3 is 0 Å². The third-order valence-electron chi connectivity index (χ3n) is 3.17. The van der Waals surface area contributed by atoms with Crippen molar-refractivity contribution in [2.45, 2.75) is 13.0 Å². The fourth-order valence-electron chi connectivity index (χ4n) is 2.28. The number of aromatic nitrogens is 2. The van der Waals surface area contributed by atoms with Gasteiger partial charge in [-0.2, -0.15) is 5.10 Å². The van der Waals surface area contributed by atoms with Crippen LogP contribution < -0.4 is 9.47 Å². The van der Waals surface area contributed by atoms with E-state index >= 15 is 0 Å². The number of aryl methyl sites for hydroxylation is 2. The molecule has 0 amide bonds. The van der Waals surface area contributed by atoms with Gasteiger partial charge in [0.1, 0.15) is 11.9 Å². The van der Waals surface area contributed by atoms with Crippen molar-refractivity contribution in [1.29, 1.82) is 0 Å². The van der Waals surface area contributed by atoms with Crippen molar-refractivity contribution in [3.8, 4) is 11.6 Å². The molecule has 5 nitrogen and oxygen atoms in total. The van der Waals surface area contributed by atoms with E-state index in [0.29, 0.717) is 33.5 Å². The monoisotopic (exact) mass is 296 g/mol. The summed E-state index contributed by atoms with van der Waals surface area (Å²) < 4.78 is 12.2. The van der Waals surface area contributed by atoms with E-state index in [9.17, 15) is 5.11 Å². The summed E-state index contributed by atoms with van der Waals surface area (Å²) in [5, 5.41) is 15.5. The van der Waals surface area contributed by atoms with E-state index in [4.69, 9.17) is 21.1 Å². The summed E-state index contributed by atoms with van der Waals surface area (Å²) in [5.74, 6) is 1.07. The van der Waals surface area contributed by atoms with E-state index < -0.39 is 6.10 Å². The highest BCUT2D eigenvalue weighted by atomic mass is 35.5. The molecule has 2 aromatic rings. The molecule has 0 spiro atoms. The first kappa shape index (κ1) is 14.7. The van der Waals surface area contributed by atoms with Crippen molar-refractivity contribution >= 4 is 11.6 Å². The lowest BCUT2D eigenvalue weighted by Crippen LogP contribution is -2.05. The molecule has 0 radical (unpaired) electrons. The van der Waals surface area contributed by atoms with Crippen LogP contribution in [0.15, 0.2) is 18.2 Å². The quantitative estimate of drug-likeness (QED) is 0.942. The fourth-order valence-corrected chi connectivity index (χ4v) is 2.47. The standard InChI is InChI=1S/C14H17ClN2O3/c1-8-12(14(20-4)17(2)16-8)13(18)10-7-9(15)5-6-11(10)19-3/h5-7,13,18H,1-4H3. The first-order chi connectivity index (χ1) is 9.49. The Morgan fingerprint density at radius 2 is 2.00 bits per heavy atom. The molecule has 0 aliphatic rings. The van der Waals surface area contributed by atoms with Crippen LogP contribution in [0.4, 0.5) is 0 Å². The molecule has 0 fully saturated rings. The minimum atomic E-state index is -0.924. The second-order valence-corrected chi connectivity index (χ2v) is 4.86.